The van der Waals surface area contributed by atoms with E-state index in [1.807, 2.05) is 13.8 Å². The van der Waals surface area contributed by atoms with E-state index in [9.17, 15) is 9.18 Å². The van der Waals surface area contributed by atoms with Gasteiger partial charge >= 0.3 is 0 Å². The zero-order chi connectivity index (χ0) is 16.8. The number of hydrogen-bond donors (Lipinski definition) is 1. The Morgan fingerprint density at radius 3 is 2.43 bits per heavy atom. The van der Waals surface area contributed by atoms with Gasteiger partial charge in [0, 0.05) is 10.0 Å². The van der Waals surface area contributed by atoms with E-state index >= 15 is 0 Å². The molecule has 2 rings (SSSR count). The van der Waals surface area contributed by atoms with Crippen LogP contribution in [0.25, 0.3) is 0 Å². The van der Waals surface area contributed by atoms with Crippen molar-refractivity contribution in [2.24, 2.45) is 0 Å². The maximum Gasteiger partial charge on any atom is 0.255 e. The average Bonchev–Trinajstić information content (AvgIpc) is 2.52. The number of benzene rings is 2. The lowest BCUT2D eigenvalue weighted by molar-refractivity contribution is 0.102. The Hall–Kier alpha value is -2.08. The lowest BCUT2D eigenvalue weighted by atomic mass is 10.1. The predicted octanol–water partition coefficient (Wildman–Crippen LogP) is 4.64. The number of nitrogens with one attached hydrogen (secondary N) is 1. The number of ether oxygens (including phenoxy) is 2. The topological polar surface area (TPSA) is 47.6 Å². The first-order valence-corrected chi connectivity index (χ1v) is 8.00. The zero-order valence-corrected chi connectivity index (χ0v) is 14.4. The van der Waals surface area contributed by atoms with Crippen LogP contribution in [-0.4, -0.2) is 19.1 Å². The van der Waals surface area contributed by atoms with Crippen LogP contribution in [0.5, 0.6) is 11.5 Å². The molecule has 0 radical (unpaired) electrons. The van der Waals surface area contributed by atoms with Crippen molar-refractivity contribution in [3.8, 4) is 11.5 Å². The van der Waals surface area contributed by atoms with Gasteiger partial charge in [0.25, 0.3) is 5.91 Å². The molecule has 0 saturated carbocycles. The molecule has 0 fully saturated rings. The van der Waals surface area contributed by atoms with Crippen LogP contribution in [0.2, 0.25) is 0 Å². The van der Waals surface area contributed by atoms with Gasteiger partial charge in [0.2, 0.25) is 0 Å². The molecule has 0 bridgehead atoms. The summed E-state index contributed by atoms with van der Waals surface area (Å²) in [5.41, 5.74) is 0.476. The van der Waals surface area contributed by atoms with Gasteiger partial charge in [0.1, 0.15) is 5.82 Å². The zero-order valence-electron chi connectivity index (χ0n) is 12.9. The lowest BCUT2D eigenvalue weighted by Crippen LogP contribution is -2.13. The van der Waals surface area contributed by atoms with Crippen LogP contribution in [-0.2, 0) is 0 Å². The van der Waals surface area contributed by atoms with E-state index < -0.39 is 11.7 Å². The van der Waals surface area contributed by atoms with Gasteiger partial charge < -0.3 is 14.8 Å². The Balaban J connectivity index is 2.23. The molecule has 0 aliphatic heterocycles. The molecule has 0 aromatic heterocycles. The molecule has 23 heavy (non-hydrogen) atoms. The van der Waals surface area contributed by atoms with Crippen LogP contribution >= 0.6 is 15.9 Å². The fourth-order valence-electron chi connectivity index (χ4n) is 1.98. The summed E-state index contributed by atoms with van der Waals surface area (Å²) in [4.78, 5) is 12.3. The number of rotatable bonds is 6. The van der Waals surface area contributed by atoms with Crippen LogP contribution in [0.15, 0.2) is 40.9 Å². The maximum atomic E-state index is 13.8. The smallest absolute Gasteiger partial charge is 0.255 e. The average molecular weight is 382 g/mol. The molecule has 1 amide bonds. The first kappa shape index (κ1) is 17.3. The second-order valence-corrected chi connectivity index (χ2v) is 5.52. The SMILES string of the molecule is CCOc1ccc(C(=O)Nc2ccc(Br)cc2F)cc1OCC. The number of hydrogen-bond acceptors (Lipinski definition) is 3. The van der Waals surface area contributed by atoms with Crippen molar-refractivity contribution in [3.05, 3.63) is 52.3 Å². The molecular formula is C17H17BrFNO3. The Kier molecular flexibility index (Phi) is 5.98. The number of carbonyl (C=O) groups excluding carboxylic acids is 1. The minimum Gasteiger partial charge on any atom is -0.490 e. The van der Waals surface area contributed by atoms with Crippen molar-refractivity contribution < 1.29 is 18.7 Å². The summed E-state index contributed by atoms with van der Waals surface area (Å²) in [5.74, 6) is 0.123. The fraction of sp³-hybridized carbons (Fsp3) is 0.235. The minimum absolute atomic E-state index is 0.116. The number of anilines is 1. The van der Waals surface area contributed by atoms with E-state index in [-0.39, 0.29) is 5.69 Å². The highest BCUT2D eigenvalue weighted by molar-refractivity contribution is 9.10. The fourth-order valence-corrected chi connectivity index (χ4v) is 2.31. The molecule has 0 heterocycles. The van der Waals surface area contributed by atoms with Crippen LogP contribution in [0.1, 0.15) is 24.2 Å². The molecule has 0 atom stereocenters. The summed E-state index contributed by atoms with van der Waals surface area (Å²) in [7, 11) is 0. The van der Waals surface area contributed by atoms with E-state index in [2.05, 4.69) is 21.2 Å². The molecule has 0 spiro atoms. The molecular weight excluding hydrogens is 365 g/mol. The van der Waals surface area contributed by atoms with Gasteiger partial charge in [-0.1, -0.05) is 15.9 Å². The molecule has 1 N–H and O–H groups in total. The number of amides is 1. The Bertz CT molecular complexity index is 706. The van der Waals surface area contributed by atoms with Crippen molar-refractivity contribution in [3.63, 3.8) is 0 Å². The normalized spacial score (nSPS) is 10.3. The first-order chi connectivity index (χ1) is 11.0. The third kappa shape index (κ3) is 4.45. The van der Waals surface area contributed by atoms with Crippen LogP contribution in [0, 0.1) is 5.82 Å². The van der Waals surface area contributed by atoms with Gasteiger partial charge in [-0.15, -0.1) is 0 Å². The second kappa shape index (κ2) is 7.97. The summed E-state index contributed by atoms with van der Waals surface area (Å²) in [6.45, 7) is 4.66. The Morgan fingerprint density at radius 2 is 1.78 bits per heavy atom. The molecule has 6 heteroatoms. The lowest BCUT2D eigenvalue weighted by Gasteiger charge is -2.12. The Labute approximate surface area is 142 Å². The number of carbonyl (C=O) groups is 1. The number of halogens is 2. The third-order valence-electron chi connectivity index (χ3n) is 2.98. The minimum atomic E-state index is -0.510. The highest BCUT2D eigenvalue weighted by atomic mass is 79.9. The van der Waals surface area contributed by atoms with Gasteiger partial charge in [-0.25, -0.2) is 4.39 Å². The second-order valence-electron chi connectivity index (χ2n) is 4.61. The molecule has 122 valence electrons. The molecule has 0 aliphatic rings. The molecule has 2 aromatic rings. The van der Waals surface area contributed by atoms with E-state index in [1.165, 1.54) is 12.1 Å². The van der Waals surface area contributed by atoms with Crippen molar-refractivity contribution in [2.75, 3.05) is 18.5 Å². The summed E-state index contributed by atoms with van der Waals surface area (Å²) in [6.07, 6.45) is 0. The van der Waals surface area contributed by atoms with Gasteiger partial charge in [-0.05, 0) is 50.2 Å². The largest absolute Gasteiger partial charge is 0.490 e. The molecule has 0 aliphatic carbocycles. The van der Waals surface area contributed by atoms with Gasteiger partial charge in [-0.2, -0.15) is 0 Å². The molecule has 0 saturated heterocycles. The van der Waals surface area contributed by atoms with Gasteiger partial charge in [-0.3, -0.25) is 4.79 Å². The summed E-state index contributed by atoms with van der Waals surface area (Å²) >= 11 is 3.17. The predicted molar refractivity (Wildman–Crippen MR) is 90.8 cm³/mol. The maximum absolute atomic E-state index is 13.8. The van der Waals surface area contributed by atoms with Gasteiger partial charge in [0.05, 0.1) is 18.9 Å². The monoisotopic (exact) mass is 381 g/mol. The standard InChI is InChI=1S/C17H17BrFNO3/c1-3-22-15-8-5-11(9-16(15)23-4-2)17(21)20-14-7-6-12(18)10-13(14)19/h5-10H,3-4H2,1-2H3,(H,20,21). The van der Waals surface area contributed by atoms with E-state index in [1.54, 1.807) is 24.3 Å². The van der Waals surface area contributed by atoms with Crippen LogP contribution in [0.3, 0.4) is 0 Å². The quantitative estimate of drug-likeness (QED) is 0.792. The summed E-state index contributed by atoms with van der Waals surface area (Å²) in [6, 6.07) is 9.30. The van der Waals surface area contributed by atoms with E-state index in [0.29, 0.717) is 34.7 Å². The van der Waals surface area contributed by atoms with Crippen molar-refractivity contribution in [1.82, 2.24) is 0 Å². The van der Waals surface area contributed by atoms with E-state index in [0.717, 1.165) is 0 Å². The summed E-state index contributed by atoms with van der Waals surface area (Å²) in [5, 5.41) is 2.54. The highest BCUT2D eigenvalue weighted by Gasteiger charge is 2.13. The first-order valence-electron chi connectivity index (χ1n) is 7.21. The Morgan fingerprint density at radius 1 is 1.09 bits per heavy atom. The summed E-state index contributed by atoms with van der Waals surface area (Å²) < 4.78 is 25.3. The molecule has 2 aromatic carbocycles. The van der Waals surface area contributed by atoms with E-state index in [4.69, 9.17) is 9.47 Å². The van der Waals surface area contributed by atoms with Crippen molar-refractivity contribution in [2.45, 2.75) is 13.8 Å². The van der Waals surface area contributed by atoms with Crippen molar-refractivity contribution >= 4 is 27.5 Å². The van der Waals surface area contributed by atoms with Crippen molar-refractivity contribution in [1.29, 1.82) is 0 Å². The highest BCUT2D eigenvalue weighted by Crippen LogP contribution is 2.29. The third-order valence-corrected chi connectivity index (χ3v) is 3.48. The van der Waals surface area contributed by atoms with Crippen LogP contribution < -0.4 is 14.8 Å². The molecule has 4 nitrogen and oxygen atoms in total. The molecule has 0 unspecified atom stereocenters. The van der Waals surface area contributed by atoms with Gasteiger partial charge in [0.15, 0.2) is 11.5 Å². The van der Waals surface area contributed by atoms with Crippen LogP contribution in [0.4, 0.5) is 10.1 Å².